The highest BCUT2D eigenvalue weighted by molar-refractivity contribution is 5.66. The Labute approximate surface area is 151 Å². The van der Waals surface area contributed by atoms with Crippen LogP contribution in [0, 0.1) is 0 Å². The zero-order chi connectivity index (χ0) is 17.9. The Kier molecular flexibility index (Phi) is 8.40. The number of ether oxygens (including phenoxy) is 1. The summed E-state index contributed by atoms with van der Waals surface area (Å²) >= 11 is 0. The summed E-state index contributed by atoms with van der Waals surface area (Å²) < 4.78 is 5.63. The highest BCUT2D eigenvalue weighted by atomic mass is 16.5. The first-order chi connectivity index (χ1) is 12.3. The molecule has 0 amide bonds. The average molecular weight is 342 g/mol. The van der Waals surface area contributed by atoms with Crippen molar-refractivity contribution >= 4 is 0 Å². The summed E-state index contributed by atoms with van der Waals surface area (Å²) in [7, 11) is 0. The van der Waals surface area contributed by atoms with Crippen molar-refractivity contribution in [2.75, 3.05) is 6.61 Å². The summed E-state index contributed by atoms with van der Waals surface area (Å²) in [6, 6.07) is 8.27. The van der Waals surface area contributed by atoms with Gasteiger partial charge in [0.05, 0.1) is 12.7 Å². The lowest BCUT2D eigenvalue weighted by Crippen LogP contribution is -2.02. The van der Waals surface area contributed by atoms with Gasteiger partial charge in [-0.3, -0.25) is 0 Å². The summed E-state index contributed by atoms with van der Waals surface area (Å²) in [5.74, 6) is 0. The number of rotatable bonds is 11. The molecule has 0 bridgehead atoms. The van der Waals surface area contributed by atoms with E-state index in [1.807, 2.05) is 31.2 Å². The van der Waals surface area contributed by atoms with Crippen LogP contribution >= 0.6 is 0 Å². The molecule has 4 heteroatoms. The fourth-order valence-electron chi connectivity index (χ4n) is 2.85. The third kappa shape index (κ3) is 6.13. The van der Waals surface area contributed by atoms with Crippen LogP contribution in [0.5, 0.6) is 6.01 Å². The van der Waals surface area contributed by atoms with E-state index in [1.54, 1.807) is 12.4 Å². The maximum Gasteiger partial charge on any atom is 0.316 e. The van der Waals surface area contributed by atoms with Crippen LogP contribution < -0.4 is 4.74 Å². The third-order valence-electron chi connectivity index (χ3n) is 4.37. The van der Waals surface area contributed by atoms with E-state index in [1.165, 1.54) is 32.1 Å². The van der Waals surface area contributed by atoms with Gasteiger partial charge in [-0.1, -0.05) is 70.2 Å². The lowest BCUT2D eigenvalue weighted by atomic mass is 9.97. The molecule has 0 fully saturated rings. The highest BCUT2D eigenvalue weighted by Crippen LogP contribution is 2.29. The van der Waals surface area contributed by atoms with Crippen LogP contribution in [0.25, 0.3) is 11.1 Å². The monoisotopic (exact) mass is 342 g/mol. The molecule has 136 valence electrons. The zero-order valence-electron chi connectivity index (χ0n) is 15.4. The molecule has 0 aliphatic rings. The van der Waals surface area contributed by atoms with E-state index < -0.39 is 6.10 Å². The van der Waals surface area contributed by atoms with Crippen molar-refractivity contribution in [1.29, 1.82) is 0 Å². The molecular weight excluding hydrogens is 312 g/mol. The van der Waals surface area contributed by atoms with Crippen molar-refractivity contribution in [3.05, 3.63) is 42.2 Å². The number of hydrogen-bond acceptors (Lipinski definition) is 4. The van der Waals surface area contributed by atoms with E-state index >= 15 is 0 Å². The lowest BCUT2D eigenvalue weighted by molar-refractivity contribution is 0.174. The van der Waals surface area contributed by atoms with Crippen molar-refractivity contribution < 1.29 is 9.84 Å². The van der Waals surface area contributed by atoms with Crippen LogP contribution in [0.4, 0.5) is 0 Å². The third-order valence-corrected chi connectivity index (χ3v) is 4.37. The first kappa shape index (κ1) is 19.4. The molecule has 1 aromatic heterocycles. The number of aliphatic hydroxyl groups is 1. The fourth-order valence-corrected chi connectivity index (χ4v) is 2.85. The minimum absolute atomic E-state index is 0.422. The normalized spacial score (nSPS) is 12.1. The second-order valence-electron chi connectivity index (χ2n) is 6.38. The zero-order valence-corrected chi connectivity index (χ0v) is 15.4. The van der Waals surface area contributed by atoms with E-state index in [4.69, 9.17) is 4.74 Å². The Morgan fingerprint density at radius 1 is 0.960 bits per heavy atom. The molecule has 1 aromatic carbocycles. The maximum absolute atomic E-state index is 10.2. The molecule has 0 saturated heterocycles. The molecule has 2 aromatic rings. The quantitative estimate of drug-likeness (QED) is 0.561. The van der Waals surface area contributed by atoms with Gasteiger partial charge >= 0.3 is 6.01 Å². The Balaban J connectivity index is 1.88. The second kappa shape index (κ2) is 10.8. The van der Waals surface area contributed by atoms with Crippen molar-refractivity contribution in [3.63, 3.8) is 0 Å². The average Bonchev–Trinajstić information content (AvgIpc) is 2.67. The van der Waals surface area contributed by atoms with E-state index in [2.05, 4.69) is 16.9 Å². The molecule has 1 atom stereocenters. The molecule has 0 spiro atoms. The molecule has 1 unspecified atom stereocenters. The molecule has 0 radical (unpaired) electrons. The summed E-state index contributed by atoms with van der Waals surface area (Å²) in [4.78, 5) is 8.63. The van der Waals surface area contributed by atoms with Crippen LogP contribution in [-0.4, -0.2) is 21.7 Å². The number of unbranched alkanes of at least 4 members (excludes halogenated alkanes) is 5. The van der Waals surface area contributed by atoms with Gasteiger partial charge in [-0.15, -0.1) is 0 Å². The van der Waals surface area contributed by atoms with Crippen LogP contribution in [0.15, 0.2) is 36.7 Å². The van der Waals surface area contributed by atoms with Crippen LogP contribution in [0.2, 0.25) is 0 Å². The maximum atomic E-state index is 10.2. The second-order valence-corrected chi connectivity index (χ2v) is 6.38. The molecule has 1 heterocycles. The standard InChI is InChI=1S/C21H30N2O2/c1-3-5-6-7-8-11-14-25-21-22-15-17(16-23-21)18-12-9-10-13-19(18)20(24)4-2/h9-10,12-13,15-16,20,24H,3-8,11,14H2,1-2H3. The summed E-state index contributed by atoms with van der Waals surface area (Å²) in [6.07, 6.45) is 11.2. The molecule has 1 N–H and O–H groups in total. The highest BCUT2D eigenvalue weighted by Gasteiger charge is 2.12. The van der Waals surface area contributed by atoms with Crippen LogP contribution in [-0.2, 0) is 0 Å². The van der Waals surface area contributed by atoms with Crippen LogP contribution in [0.3, 0.4) is 0 Å². The van der Waals surface area contributed by atoms with Crippen molar-refractivity contribution in [2.45, 2.75) is 64.9 Å². The molecule has 0 aliphatic carbocycles. The van der Waals surface area contributed by atoms with Gasteiger partial charge in [0.25, 0.3) is 0 Å². The van der Waals surface area contributed by atoms with E-state index in [0.29, 0.717) is 19.0 Å². The number of benzene rings is 1. The topological polar surface area (TPSA) is 55.2 Å². The van der Waals surface area contributed by atoms with Gasteiger partial charge in [-0.2, -0.15) is 0 Å². The van der Waals surface area contributed by atoms with Gasteiger partial charge in [0.2, 0.25) is 0 Å². The van der Waals surface area contributed by atoms with E-state index in [0.717, 1.165) is 23.1 Å². The molecule has 0 saturated carbocycles. The number of aliphatic hydroxyl groups excluding tert-OH is 1. The smallest absolute Gasteiger partial charge is 0.316 e. The Hall–Kier alpha value is -1.94. The number of hydrogen-bond donors (Lipinski definition) is 1. The number of aromatic nitrogens is 2. The van der Waals surface area contributed by atoms with Gasteiger partial charge in [0.1, 0.15) is 0 Å². The van der Waals surface area contributed by atoms with Gasteiger partial charge in [-0.05, 0) is 24.0 Å². The molecule has 25 heavy (non-hydrogen) atoms. The summed E-state index contributed by atoms with van der Waals surface area (Å²) in [6.45, 7) is 4.86. The first-order valence-corrected chi connectivity index (χ1v) is 9.48. The predicted octanol–water partition coefficient (Wildman–Crippen LogP) is 5.33. The Morgan fingerprint density at radius 3 is 2.36 bits per heavy atom. The van der Waals surface area contributed by atoms with E-state index in [9.17, 15) is 5.11 Å². The van der Waals surface area contributed by atoms with Gasteiger partial charge in [0.15, 0.2) is 0 Å². The van der Waals surface area contributed by atoms with Gasteiger partial charge in [0, 0.05) is 18.0 Å². The molecule has 0 aliphatic heterocycles. The van der Waals surface area contributed by atoms with Crippen molar-refractivity contribution in [1.82, 2.24) is 9.97 Å². The minimum Gasteiger partial charge on any atom is -0.463 e. The Bertz CT molecular complexity index is 614. The van der Waals surface area contributed by atoms with Crippen LogP contribution in [0.1, 0.15) is 70.5 Å². The van der Waals surface area contributed by atoms with Crippen molar-refractivity contribution in [3.8, 4) is 17.1 Å². The van der Waals surface area contributed by atoms with Gasteiger partial charge in [-0.25, -0.2) is 9.97 Å². The summed E-state index contributed by atoms with van der Waals surface area (Å²) in [5, 5.41) is 10.2. The fraction of sp³-hybridized carbons (Fsp3) is 0.524. The minimum atomic E-state index is -0.472. The molecular formula is C21H30N2O2. The predicted molar refractivity (Wildman–Crippen MR) is 102 cm³/mol. The molecule has 4 nitrogen and oxygen atoms in total. The van der Waals surface area contributed by atoms with Gasteiger partial charge < -0.3 is 9.84 Å². The number of nitrogens with zero attached hydrogens (tertiary/aromatic N) is 2. The molecule has 2 rings (SSSR count). The van der Waals surface area contributed by atoms with Crippen molar-refractivity contribution in [2.24, 2.45) is 0 Å². The van der Waals surface area contributed by atoms with E-state index in [-0.39, 0.29) is 0 Å². The largest absolute Gasteiger partial charge is 0.463 e. The summed E-state index contributed by atoms with van der Waals surface area (Å²) in [5.41, 5.74) is 2.78. The first-order valence-electron chi connectivity index (χ1n) is 9.48. The SMILES string of the molecule is CCCCCCCCOc1ncc(-c2ccccc2C(O)CC)cn1. The Morgan fingerprint density at radius 2 is 1.64 bits per heavy atom. The lowest BCUT2D eigenvalue weighted by Gasteiger charge is -2.14.